The van der Waals surface area contributed by atoms with Gasteiger partial charge in [0.15, 0.2) is 0 Å². The Labute approximate surface area is 151 Å². The van der Waals surface area contributed by atoms with E-state index in [1.807, 2.05) is 0 Å². The van der Waals surface area contributed by atoms with E-state index in [0.29, 0.717) is 0 Å². The van der Waals surface area contributed by atoms with Crippen LogP contribution in [0.25, 0.3) is 0 Å². The molecule has 0 heterocycles. The third-order valence-corrected chi connectivity index (χ3v) is 4.46. The second kappa shape index (κ2) is 7.43. The number of hydrogen-bond acceptors (Lipinski definition) is 2. The molecule has 0 bridgehead atoms. The topological polar surface area (TPSA) is 6.48 Å². The predicted molar refractivity (Wildman–Crippen MR) is 110 cm³/mol. The minimum absolute atomic E-state index is 1.04. The second-order valence-electron chi connectivity index (χ2n) is 6.61. The molecule has 0 aliphatic carbocycles. The number of hydrogen-bond donors (Lipinski definition) is 0. The first-order chi connectivity index (χ1) is 12.1. The Bertz CT molecular complexity index is 835. The van der Waals surface area contributed by atoms with Gasteiger partial charge in [-0.3, -0.25) is 0 Å². The summed E-state index contributed by atoms with van der Waals surface area (Å²) < 4.78 is 0. The van der Waals surface area contributed by atoms with Crippen molar-refractivity contribution in [2.45, 2.75) is 20.3 Å². The van der Waals surface area contributed by atoms with Crippen LogP contribution in [0.15, 0.2) is 72.8 Å². The molecular weight excluding hydrogens is 304 g/mol. The molecule has 0 spiro atoms. The molecule has 0 saturated carbocycles. The molecule has 0 fully saturated rings. The van der Waals surface area contributed by atoms with Gasteiger partial charge >= 0.3 is 0 Å². The van der Waals surface area contributed by atoms with E-state index in [1.165, 1.54) is 33.9 Å². The third kappa shape index (κ3) is 3.85. The Morgan fingerprint density at radius 2 is 1.28 bits per heavy atom. The van der Waals surface area contributed by atoms with Crippen molar-refractivity contribution in [2.75, 3.05) is 23.9 Å². The molecule has 25 heavy (non-hydrogen) atoms. The molecule has 128 valence electrons. The number of rotatable bonds is 5. The molecule has 0 aliphatic rings. The van der Waals surface area contributed by atoms with Gasteiger partial charge < -0.3 is 9.80 Å². The summed E-state index contributed by atoms with van der Waals surface area (Å²) in [6.07, 6.45) is 1.04. The van der Waals surface area contributed by atoms with Gasteiger partial charge in [0, 0.05) is 36.8 Å². The van der Waals surface area contributed by atoms with Gasteiger partial charge in [-0.05, 0) is 73.0 Å². The van der Waals surface area contributed by atoms with Crippen LogP contribution >= 0.6 is 0 Å². The van der Waals surface area contributed by atoms with Crippen molar-refractivity contribution in [3.63, 3.8) is 0 Å². The largest absolute Gasteiger partial charge is 0.378 e. The molecule has 0 saturated heterocycles. The zero-order chi connectivity index (χ0) is 17.8. The SMILES string of the molecule is CCc1cccc(N(c2ccc(N(C)C)cc2)c2cccc(C)c2)c1. The average molecular weight is 330 g/mol. The fraction of sp³-hybridized carbons (Fsp3) is 0.217. The maximum absolute atomic E-state index is 2.32. The summed E-state index contributed by atoms with van der Waals surface area (Å²) in [5.74, 6) is 0. The van der Waals surface area contributed by atoms with E-state index in [4.69, 9.17) is 0 Å². The number of nitrogens with zero attached hydrogens (tertiary/aromatic N) is 2. The monoisotopic (exact) mass is 330 g/mol. The lowest BCUT2D eigenvalue weighted by Crippen LogP contribution is -2.12. The second-order valence-corrected chi connectivity index (χ2v) is 6.61. The van der Waals surface area contributed by atoms with E-state index in [1.54, 1.807) is 0 Å². The van der Waals surface area contributed by atoms with Crippen molar-refractivity contribution in [2.24, 2.45) is 0 Å². The lowest BCUT2D eigenvalue weighted by molar-refractivity contribution is 1.12. The molecule has 0 aliphatic heterocycles. The minimum Gasteiger partial charge on any atom is -0.378 e. The standard InChI is InChI=1S/C23H26N2/c1-5-19-9-7-11-23(17-19)25(22-10-6-8-18(2)16-22)21-14-12-20(13-15-21)24(3)4/h6-17H,5H2,1-4H3. The van der Waals surface area contributed by atoms with E-state index in [0.717, 1.165) is 6.42 Å². The number of anilines is 4. The van der Waals surface area contributed by atoms with Gasteiger partial charge in [-0.2, -0.15) is 0 Å². The molecule has 3 rings (SSSR count). The van der Waals surface area contributed by atoms with Gasteiger partial charge in [-0.15, -0.1) is 0 Å². The number of benzene rings is 3. The normalized spacial score (nSPS) is 10.6. The van der Waals surface area contributed by atoms with E-state index < -0.39 is 0 Å². The predicted octanol–water partition coefficient (Wildman–Crippen LogP) is 6.09. The quantitative estimate of drug-likeness (QED) is 0.558. The van der Waals surface area contributed by atoms with Crippen LogP contribution in [0.5, 0.6) is 0 Å². The van der Waals surface area contributed by atoms with Crippen LogP contribution in [0.4, 0.5) is 22.7 Å². The van der Waals surface area contributed by atoms with Crippen LogP contribution < -0.4 is 9.80 Å². The lowest BCUT2D eigenvalue weighted by Gasteiger charge is -2.27. The fourth-order valence-corrected chi connectivity index (χ4v) is 3.03. The Morgan fingerprint density at radius 3 is 1.88 bits per heavy atom. The van der Waals surface area contributed by atoms with Gasteiger partial charge in [0.25, 0.3) is 0 Å². The smallest absolute Gasteiger partial charge is 0.0464 e. The van der Waals surface area contributed by atoms with Crippen molar-refractivity contribution in [3.05, 3.63) is 83.9 Å². The Morgan fingerprint density at radius 1 is 0.680 bits per heavy atom. The van der Waals surface area contributed by atoms with Gasteiger partial charge in [-0.1, -0.05) is 31.2 Å². The van der Waals surface area contributed by atoms with Crippen molar-refractivity contribution in [1.29, 1.82) is 0 Å². The van der Waals surface area contributed by atoms with E-state index in [9.17, 15) is 0 Å². The highest BCUT2D eigenvalue weighted by atomic mass is 15.1. The zero-order valence-corrected chi connectivity index (χ0v) is 15.5. The average Bonchev–Trinajstić information content (AvgIpc) is 2.63. The van der Waals surface area contributed by atoms with Crippen LogP contribution in [-0.4, -0.2) is 14.1 Å². The summed E-state index contributed by atoms with van der Waals surface area (Å²) in [5.41, 5.74) is 7.37. The zero-order valence-electron chi connectivity index (χ0n) is 15.5. The Hall–Kier alpha value is -2.74. The summed E-state index contributed by atoms with van der Waals surface area (Å²) in [4.78, 5) is 4.45. The molecule has 2 heteroatoms. The van der Waals surface area contributed by atoms with Gasteiger partial charge in [0.2, 0.25) is 0 Å². The van der Waals surface area contributed by atoms with Crippen molar-refractivity contribution in [1.82, 2.24) is 0 Å². The fourth-order valence-electron chi connectivity index (χ4n) is 3.03. The molecule has 3 aromatic carbocycles. The molecular formula is C23H26N2. The molecule has 0 radical (unpaired) electrons. The van der Waals surface area contributed by atoms with Crippen LogP contribution in [0.2, 0.25) is 0 Å². The first kappa shape index (κ1) is 17.1. The Balaban J connectivity index is 2.11. The van der Waals surface area contributed by atoms with Crippen LogP contribution in [0.1, 0.15) is 18.1 Å². The maximum Gasteiger partial charge on any atom is 0.0464 e. The van der Waals surface area contributed by atoms with E-state index >= 15 is 0 Å². The van der Waals surface area contributed by atoms with Crippen molar-refractivity contribution < 1.29 is 0 Å². The van der Waals surface area contributed by atoms with Crippen LogP contribution in [0, 0.1) is 6.92 Å². The molecule has 2 nitrogen and oxygen atoms in total. The highest BCUT2D eigenvalue weighted by molar-refractivity contribution is 5.77. The molecule has 0 N–H and O–H groups in total. The van der Waals surface area contributed by atoms with Gasteiger partial charge in [0.05, 0.1) is 0 Å². The molecule has 3 aromatic rings. The van der Waals surface area contributed by atoms with Crippen molar-refractivity contribution >= 4 is 22.7 Å². The summed E-state index contributed by atoms with van der Waals surface area (Å²) in [6, 6.07) is 26.2. The summed E-state index contributed by atoms with van der Waals surface area (Å²) in [7, 11) is 4.14. The van der Waals surface area contributed by atoms with Crippen LogP contribution in [0.3, 0.4) is 0 Å². The summed E-state index contributed by atoms with van der Waals surface area (Å²) in [5, 5.41) is 0. The molecule has 0 atom stereocenters. The van der Waals surface area contributed by atoms with Gasteiger partial charge in [0.1, 0.15) is 0 Å². The highest BCUT2D eigenvalue weighted by Crippen LogP contribution is 2.35. The molecule has 0 unspecified atom stereocenters. The summed E-state index contributed by atoms with van der Waals surface area (Å²) >= 11 is 0. The minimum atomic E-state index is 1.04. The van der Waals surface area contributed by atoms with E-state index in [-0.39, 0.29) is 0 Å². The van der Waals surface area contributed by atoms with Crippen molar-refractivity contribution in [3.8, 4) is 0 Å². The lowest BCUT2D eigenvalue weighted by atomic mass is 10.1. The number of aryl methyl sites for hydroxylation is 2. The maximum atomic E-state index is 2.32. The van der Waals surface area contributed by atoms with Crippen LogP contribution in [-0.2, 0) is 6.42 Å². The third-order valence-electron chi connectivity index (χ3n) is 4.46. The van der Waals surface area contributed by atoms with E-state index in [2.05, 4.69) is 111 Å². The Kier molecular flexibility index (Phi) is 5.08. The molecule has 0 amide bonds. The first-order valence-corrected chi connectivity index (χ1v) is 8.81. The first-order valence-electron chi connectivity index (χ1n) is 8.81. The molecule has 0 aromatic heterocycles. The highest BCUT2D eigenvalue weighted by Gasteiger charge is 2.13. The summed E-state index contributed by atoms with van der Waals surface area (Å²) in [6.45, 7) is 4.33. The van der Waals surface area contributed by atoms with Gasteiger partial charge in [-0.25, -0.2) is 0 Å².